The number of aryl methyl sites for hydroxylation is 1. The Morgan fingerprint density at radius 1 is 1.24 bits per heavy atom. The van der Waals surface area contributed by atoms with Crippen molar-refractivity contribution in [2.75, 3.05) is 13.2 Å². The average molecular weight is 352 g/mol. The van der Waals surface area contributed by atoms with Gasteiger partial charge in [0.25, 0.3) is 5.91 Å². The summed E-state index contributed by atoms with van der Waals surface area (Å²) in [5.74, 6) is -0.0325. The molecule has 0 spiro atoms. The van der Waals surface area contributed by atoms with Crippen LogP contribution in [0.2, 0.25) is 0 Å². The molecular formula is C16H15BrFNO2. The highest BCUT2D eigenvalue weighted by atomic mass is 79.9. The van der Waals surface area contributed by atoms with E-state index in [2.05, 4.69) is 21.2 Å². The lowest BCUT2D eigenvalue weighted by atomic mass is 10.2. The Balaban J connectivity index is 1.81. The van der Waals surface area contributed by atoms with Gasteiger partial charge in [-0.15, -0.1) is 0 Å². The molecule has 0 atom stereocenters. The fraction of sp³-hybridized carbons (Fsp3) is 0.188. The van der Waals surface area contributed by atoms with Crippen molar-refractivity contribution in [2.45, 2.75) is 6.92 Å². The molecular weight excluding hydrogens is 337 g/mol. The highest BCUT2D eigenvalue weighted by molar-refractivity contribution is 9.10. The van der Waals surface area contributed by atoms with Crippen LogP contribution in [0, 0.1) is 12.7 Å². The first-order valence-corrected chi connectivity index (χ1v) is 7.28. The summed E-state index contributed by atoms with van der Waals surface area (Å²) in [7, 11) is 0. The summed E-state index contributed by atoms with van der Waals surface area (Å²) in [4.78, 5) is 11.9. The van der Waals surface area contributed by atoms with E-state index in [0.717, 1.165) is 11.3 Å². The van der Waals surface area contributed by atoms with Crippen molar-refractivity contribution in [1.82, 2.24) is 5.32 Å². The van der Waals surface area contributed by atoms with Crippen molar-refractivity contribution >= 4 is 21.8 Å². The van der Waals surface area contributed by atoms with E-state index < -0.39 is 5.82 Å². The maximum Gasteiger partial charge on any atom is 0.252 e. The highest BCUT2D eigenvalue weighted by Gasteiger charge is 2.10. The number of nitrogens with one attached hydrogen (secondary N) is 1. The topological polar surface area (TPSA) is 38.3 Å². The number of amides is 1. The van der Waals surface area contributed by atoms with Crippen molar-refractivity contribution in [3.63, 3.8) is 0 Å². The van der Waals surface area contributed by atoms with Crippen molar-refractivity contribution in [2.24, 2.45) is 0 Å². The van der Waals surface area contributed by atoms with Gasteiger partial charge in [-0.1, -0.05) is 17.7 Å². The fourth-order valence-corrected chi connectivity index (χ4v) is 2.16. The van der Waals surface area contributed by atoms with E-state index in [-0.39, 0.29) is 11.5 Å². The monoisotopic (exact) mass is 351 g/mol. The van der Waals surface area contributed by atoms with E-state index in [4.69, 9.17) is 4.74 Å². The van der Waals surface area contributed by atoms with Crippen LogP contribution in [0.1, 0.15) is 15.9 Å². The van der Waals surface area contributed by atoms with Gasteiger partial charge in [0.05, 0.1) is 12.1 Å². The number of carbonyl (C=O) groups excluding carboxylic acids is 1. The fourth-order valence-electron chi connectivity index (χ4n) is 1.73. The van der Waals surface area contributed by atoms with Gasteiger partial charge in [-0.2, -0.15) is 0 Å². The molecule has 0 aromatic heterocycles. The first-order chi connectivity index (χ1) is 10.1. The zero-order chi connectivity index (χ0) is 15.2. The summed E-state index contributed by atoms with van der Waals surface area (Å²) in [5, 5.41) is 2.69. The molecule has 1 N–H and O–H groups in total. The second-order valence-electron chi connectivity index (χ2n) is 4.54. The summed E-state index contributed by atoms with van der Waals surface area (Å²) in [5.41, 5.74) is 1.43. The Morgan fingerprint density at radius 2 is 1.95 bits per heavy atom. The number of benzene rings is 2. The maximum absolute atomic E-state index is 13.1. The minimum Gasteiger partial charge on any atom is -0.492 e. The standard InChI is InChI=1S/C16H15BrFNO2/c1-11-2-5-13(6-3-11)21-9-8-19-16(20)14-10-12(18)4-7-15(14)17/h2-7,10H,8-9H2,1H3,(H,19,20). The molecule has 0 aliphatic heterocycles. The predicted molar refractivity (Wildman–Crippen MR) is 83.1 cm³/mol. The molecule has 0 saturated carbocycles. The van der Waals surface area contributed by atoms with Crippen LogP contribution >= 0.6 is 15.9 Å². The van der Waals surface area contributed by atoms with Gasteiger partial charge in [0.2, 0.25) is 0 Å². The number of hydrogen-bond acceptors (Lipinski definition) is 2. The van der Waals surface area contributed by atoms with Gasteiger partial charge in [0, 0.05) is 4.47 Å². The van der Waals surface area contributed by atoms with Crippen LogP contribution in [-0.2, 0) is 0 Å². The van der Waals surface area contributed by atoms with Gasteiger partial charge in [-0.25, -0.2) is 4.39 Å². The largest absolute Gasteiger partial charge is 0.492 e. The Hall–Kier alpha value is -1.88. The van der Waals surface area contributed by atoms with E-state index in [1.165, 1.54) is 18.2 Å². The number of carbonyl (C=O) groups is 1. The molecule has 2 aromatic rings. The minimum atomic E-state index is -0.445. The lowest BCUT2D eigenvalue weighted by molar-refractivity contribution is 0.0946. The van der Waals surface area contributed by atoms with Crippen LogP contribution in [0.4, 0.5) is 4.39 Å². The van der Waals surface area contributed by atoms with Crippen LogP contribution in [0.3, 0.4) is 0 Å². The molecule has 0 heterocycles. The maximum atomic E-state index is 13.1. The van der Waals surface area contributed by atoms with E-state index in [0.29, 0.717) is 17.6 Å². The molecule has 0 aliphatic rings. The molecule has 0 saturated heterocycles. The van der Waals surface area contributed by atoms with E-state index >= 15 is 0 Å². The summed E-state index contributed by atoms with van der Waals surface area (Å²) < 4.78 is 19.2. The van der Waals surface area contributed by atoms with Crippen LogP contribution < -0.4 is 10.1 Å². The number of hydrogen-bond donors (Lipinski definition) is 1. The molecule has 0 bridgehead atoms. The second-order valence-corrected chi connectivity index (χ2v) is 5.40. The Kier molecular flexibility index (Phi) is 5.33. The quantitative estimate of drug-likeness (QED) is 0.834. The van der Waals surface area contributed by atoms with Gasteiger partial charge in [-0.05, 0) is 53.2 Å². The summed E-state index contributed by atoms with van der Waals surface area (Å²) >= 11 is 3.22. The van der Waals surface area contributed by atoms with Crippen molar-refractivity contribution in [3.05, 3.63) is 63.9 Å². The van der Waals surface area contributed by atoms with E-state index in [1.807, 2.05) is 31.2 Å². The third kappa shape index (κ3) is 4.56. The highest BCUT2D eigenvalue weighted by Crippen LogP contribution is 2.17. The van der Waals surface area contributed by atoms with Crippen LogP contribution in [0.5, 0.6) is 5.75 Å². The number of halogens is 2. The molecule has 2 rings (SSSR count). The molecule has 1 amide bonds. The Morgan fingerprint density at radius 3 is 2.67 bits per heavy atom. The molecule has 0 radical (unpaired) electrons. The molecule has 5 heteroatoms. The zero-order valence-corrected chi connectivity index (χ0v) is 13.1. The van der Waals surface area contributed by atoms with Crippen molar-refractivity contribution < 1.29 is 13.9 Å². The summed E-state index contributed by atoms with van der Waals surface area (Å²) in [6.45, 7) is 2.69. The molecule has 2 aromatic carbocycles. The van der Waals surface area contributed by atoms with E-state index in [1.54, 1.807) is 0 Å². The number of ether oxygens (including phenoxy) is 1. The van der Waals surface area contributed by atoms with Crippen molar-refractivity contribution in [3.8, 4) is 5.75 Å². The summed E-state index contributed by atoms with van der Waals surface area (Å²) in [6.07, 6.45) is 0. The van der Waals surface area contributed by atoms with Crippen molar-refractivity contribution in [1.29, 1.82) is 0 Å². The smallest absolute Gasteiger partial charge is 0.252 e. The first-order valence-electron chi connectivity index (χ1n) is 6.49. The SMILES string of the molecule is Cc1ccc(OCCNC(=O)c2cc(F)ccc2Br)cc1. The lowest BCUT2D eigenvalue weighted by Gasteiger charge is -2.09. The molecule has 0 fully saturated rings. The second kappa shape index (κ2) is 7.22. The van der Waals surface area contributed by atoms with Gasteiger partial charge >= 0.3 is 0 Å². The molecule has 0 unspecified atom stereocenters. The van der Waals surface area contributed by atoms with Gasteiger partial charge in [0.1, 0.15) is 18.2 Å². The third-order valence-corrected chi connectivity index (χ3v) is 3.54. The molecule has 110 valence electrons. The van der Waals surface area contributed by atoms with E-state index in [9.17, 15) is 9.18 Å². The lowest BCUT2D eigenvalue weighted by Crippen LogP contribution is -2.28. The number of rotatable bonds is 5. The molecule has 0 aliphatic carbocycles. The Bertz CT molecular complexity index is 629. The predicted octanol–water partition coefficient (Wildman–Crippen LogP) is 3.71. The first kappa shape index (κ1) is 15.5. The minimum absolute atomic E-state index is 0.269. The average Bonchev–Trinajstić information content (AvgIpc) is 2.47. The summed E-state index contributed by atoms with van der Waals surface area (Å²) in [6, 6.07) is 11.7. The molecule has 21 heavy (non-hydrogen) atoms. The van der Waals surface area contributed by atoms with Gasteiger partial charge in [-0.3, -0.25) is 4.79 Å². The van der Waals surface area contributed by atoms with Crippen LogP contribution in [-0.4, -0.2) is 19.1 Å². The van der Waals surface area contributed by atoms with Gasteiger partial charge in [0.15, 0.2) is 0 Å². The normalized spacial score (nSPS) is 10.2. The Labute approximate surface area is 131 Å². The molecule has 3 nitrogen and oxygen atoms in total. The van der Waals surface area contributed by atoms with Crippen LogP contribution in [0.25, 0.3) is 0 Å². The van der Waals surface area contributed by atoms with Crippen LogP contribution in [0.15, 0.2) is 46.9 Å². The third-order valence-electron chi connectivity index (χ3n) is 2.85. The zero-order valence-electron chi connectivity index (χ0n) is 11.5. The van der Waals surface area contributed by atoms with Gasteiger partial charge < -0.3 is 10.1 Å².